The molecule has 1 aliphatic heterocycles. The number of ether oxygens (including phenoxy) is 1. The van der Waals surface area contributed by atoms with Gasteiger partial charge in [-0.2, -0.15) is 0 Å². The van der Waals surface area contributed by atoms with Crippen molar-refractivity contribution in [2.24, 2.45) is 0 Å². The molecule has 11 nitrogen and oxygen atoms in total. The number of fused-ring (bicyclic) bond motifs is 2. The zero-order chi connectivity index (χ0) is 26.9. The Labute approximate surface area is 230 Å². The lowest BCUT2D eigenvalue weighted by atomic mass is 10.1. The van der Waals surface area contributed by atoms with E-state index in [1.54, 1.807) is 51.6 Å². The highest BCUT2D eigenvalue weighted by molar-refractivity contribution is 8.00. The maximum absolute atomic E-state index is 13.5. The summed E-state index contributed by atoms with van der Waals surface area (Å²) in [7, 11) is 0. The number of carbonyl (C=O) groups is 2. The zero-order valence-corrected chi connectivity index (χ0v) is 22.4. The van der Waals surface area contributed by atoms with E-state index in [1.165, 1.54) is 11.3 Å². The van der Waals surface area contributed by atoms with Gasteiger partial charge in [0.1, 0.15) is 24.1 Å². The molecule has 1 aliphatic rings. The Kier molecular flexibility index (Phi) is 6.83. The number of nitrogens with one attached hydrogen (secondary N) is 1. The first kappa shape index (κ1) is 25.2. The number of oxazole rings is 1. The van der Waals surface area contributed by atoms with Crippen LogP contribution in [0.25, 0.3) is 27.6 Å². The van der Waals surface area contributed by atoms with Gasteiger partial charge < -0.3 is 24.5 Å². The number of nitrogens with zero attached hydrogens (tertiary/aromatic N) is 5. The number of carbonyl (C=O) groups excluding carboxylic acids is 1. The van der Waals surface area contributed by atoms with Crippen LogP contribution >= 0.6 is 23.1 Å². The molecule has 0 radical (unpaired) electrons. The number of thioether (sulfide) groups is 1. The Morgan fingerprint density at radius 2 is 2.08 bits per heavy atom. The number of benzene rings is 2. The number of imidazole rings is 1. The summed E-state index contributed by atoms with van der Waals surface area (Å²) in [5.74, 6) is 0.607. The van der Waals surface area contributed by atoms with Crippen LogP contribution < -0.4 is 10.1 Å². The van der Waals surface area contributed by atoms with Crippen LogP contribution in [0.1, 0.15) is 24.4 Å². The van der Waals surface area contributed by atoms with Gasteiger partial charge in [-0.25, -0.2) is 19.3 Å². The summed E-state index contributed by atoms with van der Waals surface area (Å²) in [6.45, 7) is 0.767. The second-order valence-corrected chi connectivity index (χ2v) is 11.0. The molecule has 6 rings (SSSR count). The molecule has 0 saturated carbocycles. The highest BCUT2D eigenvalue weighted by Crippen LogP contribution is 2.32. The summed E-state index contributed by atoms with van der Waals surface area (Å²) >= 11 is 3.06. The molecule has 4 heterocycles. The molecule has 2 N–H and O–H groups in total. The minimum Gasteiger partial charge on any atom is -0.489 e. The van der Waals surface area contributed by atoms with Gasteiger partial charge in [0, 0.05) is 6.54 Å². The van der Waals surface area contributed by atoms with E-state index in [9.17, 15) is 14.7 Å². The third kappa shape index (κ3) is 5.02. The molecule has 3 aromatic heterocycles. The molecular formula is C26H24N6O5S2. The number of para-hydroxylation sites is 1. The fourth-order valence-corrected chi connectivity index (χ4v) is 6.07. The summed E-state index contributed by atoms with van der Waals surface area (Å²) in [5.41, 5.74) is 2.29. The molecule has 2 aromatic carbocycles. The van der Waals surface area contributed by atoms with Crippen molar-refractivity contribution >= 4 is 51.2 Å². The van der Waals surface area contributed by atoms with E-state index in [4.69, 9.17) is 9.15 Å². The van der Waals surface area contributed by atoms with Crippen molar-refractivity contribution in [2.75, 3.05) is 19.4 Å². The van der Waals surface area contributed by atoms with E-state index < -0.39 is 12.1 Å². The lowest BCUT2D eigenvalue weighted by Crippen LogP contribution is -2.46. The number of hydrogen-bond donors (Lipinski definition) is 2. The van der Waals surface area contributed by atoms with Gasteiger partial charge in [0.25, 0.3) is 0 Å². The molecule has 0 aliphatic carbocycles. The summed E-state index contributed by atoms with van der Waals surface area (Å²) in [4.78, 5) is 36.6. The van der Waals surface area contributed by atoms with E-state index >= 15 is 0 Å². The van der Waals surface area contributed by atoms with Crippen LogP contribution in [-0.2, 0) is 4.79 Å². The normalized spacial score (nSPS) is 16.1. The highest BCUT2D eigenvalue weighted by atomic mass is 32.2. The predicted octanol–water partition coefficient (Wildman–Crippen LogP) is 4.70. The number of rotatable bonds is 8. The molecule has 1 unspecified atom stereocenters. The third-order valence-electron chi connectivity index (χ3n) is 6.54. The number of hydrogen-bond acceptors (Lipinski definition) is 9. The molecule has 0 spiro atoms. The van der Waals surface area contributed by atoms with Gasteiger partial charge in [0.15, 0.2) is 15.4 Å². The maximum atomic E-state index is 13.5. The number of aromatic nitrogens is 4. The van der Waals surface area contributed by atoms with Gasteiger partial charge >= 0.3 is 6.09 Å². The van der Waals surface area contributed by atoms with Gasteiger partial charge in [-0.15, -0.1) is 5.10 Å². The van der Waals surface area contributed by atoms with Crippen LogP contribution in [-0.4, -0.2) is 67.0 Å². The minimum atomic E-state index is -1.25. The molecule has 13 heteroatoms. The molecular weight excluding hydrogens is 540 g/mol. The van der Waals surface area contributed by atoms with Crippen molar-refractivity contribution in [1.82, 2.24) is 29.8 Å². The van der Waals surface area contributed by atoms with Crippen molar-refractivity contribution in [3.05, 3.63) is 60.3 Å². The van der Waals surface area contributed by atoms with Crippen LogP contribution in [0.2, 0.25) is 0 Å². The first-order valence-electron chi connectivity index (χ1n) is 12.3. The van der Waals surface area contributed by atoms with Crippen LogP contribution in [0, 0.1) is 0 Å². The van der Waals surface area contributed by atoms with Gasteiger partial charge in [0.2, 0.25) is 16.8 Å². The van der Waals surface area contributed by atoms with E-state index in [0.717, 1.165) is 22.1 Å². The molecule has 5 aromatic rings. The molecule has 1 saturated heterocycles. The summed E-state index contributed by atoms with van der Waals surface area (Å²) in [6, 6.07) is 13.1. The largest absolute Gasteiger partial charge is 0.489 e. The first-order chi connectivity index (χ1) is 19.0. The van der Waals surface area contributed by atoms with Crippen LogP contribution in [0.5, 0.6) is 5.75 Å². The molecule has 39 heavy (non-hydrogen) atoms. The van der Waals surface area contributed by atoms with Gasteiger partial charge in [0.05, 0.1) is 12.2 Å². The Morgan fingerprint density at radius 3 is 2.85 bits per heavy atom. The van der Waals surface area contributed by atoms with Crippen molar-refractivity contribution in [3.8, 4) is 17.3 Å². The maximum Gasteiger partial charge on any atom is 0.405 e. The summed E-state index contributed by atoms with van der Waals surface area (Å²) < 4.78 is 14.8. The quantitative estimate of drug-likeness (QED) is 0.257. The topological polar surface area (TPSA) is 135 Å². The fourth-order valence-electron chi connectivity index (χ4n) is 4.72. The van der Waals surface area contributed by atoms with Gasteiger partial charge in [-0.05, 0) is 36.8 Å². The number of amides is 2. The van der Waals surface area contributed by atoms with Crippen molar-refractivity contribution < 1.29 is 23.8 Å². The minimum absolute atomic E-state index is 0.211. The van der Waals surface area contributed by atoms with Crippen LogP contribution in [0.4, 0.5) is 4.79 Å². The Bertz CT molecular complexity index is 1620. The fraction of sp³-hybridized carbons (Fsp3) is 0.269. The second kappa shape index (κ2) is 10.6. The smallest absolute Gasteiger partial charge is 0.405 e. The van der Waals surface area contributed by atoms with Crippen LogP contribution in [0.15, 0.2) is 63.5 Å². The van der Waals surface area contributed by atoms with Crippen LogP contribution in [0.3, 0.4) is 0 Å². The standard InChI is InChI=1S/C26H24N6O5S2/c1-38-26-30-32-13-17(27-24(32)39-26)22-28-21-18(10-5-11-19(21)37-22)36-14-16-9-6-12-31(16)23(33)20(29-25(34)35)15-7-3-2-4-8-15/h2-5,7-8,10-11,13,16,20,29H,6,9,12,14H2,1H3,(H,34,35)/t16?,20-/m1/s1. The summed E-state index contributed by atoms with van der Waals surface area (Å²) in [6.07, 6.45) is 4.05. The number of likely N-dealkylation sites (tertiary alicyclic amines) is 1. The zero-order valence-electron chi connectivity index (χ0n) is 20.8. The van der Waals surface area contributed by atoms with E-state index in [1.807, 2.05) is 30.5 Å². The van der Waals surface area contributed by atoms with Crippen molar-refractivity contribution in [2.45, 2.75) is 29.3 Å². The average Bonchev–Trinajstić information content (AvgIpc) is 3.72. The SMILES string of the molecule is CSc1nn2cc(-c3nc4c(OCC5CCCN5C(=O)[C@H](NC(=O)O)c5ccccc5)cccc4o3)nc2s1. The Morgan fingerprint density at radius 1 is 1.23 bits per heavy atom. The first-order valence-corrected chi connectivity index (χ1v) is 14.3. The van der Waals surface area contributed by atoms with Crippen molar-refractivity contribution in [1.29, 1.82) is 0 Å². The molecule has 200 valence electrons. The monoisotopic (exact) mass is 564 g/mol. The summed E-state index contributed by atoms with van der Waals surface area (Å²) in [5, 5.41) is 16.2. The molecule has 2 amide bonds. The predicted molar refractivity (Wildman–Crippen MR) is 146 cm³/mol. The van der Waals surface area contributed by atoms with E-state index in [-0.39, 0.29) is 18.6 Å². The molecule has 1 fully saturated rings. The number of carboxylic acid groups (broad SMARTS) is 1. The lowest BCUT2D eigenvalue weighted by Gasteiger charge is -2.29. The van der Waals surface area contributed by atoms with E-state index in [2.05, 4.69) is 20.4 Å². The van der Waals surface area contributed by atoms with Gasteiger partial charge in [-0.3, -0.25) is 4.79 Å². The lowest BCUT2D eigenvalue weighted by molar-refractivity contribution is -0.134. The molecule has 0 bridgehead atoms. The van der Waals surface area contributed by atoms with Crippen molar-refractivity contribution in [3.63, 3.8) is 0 Å². The van der Waals surface area contributed by atoms with E-state index in [0.29, 0.717) is 40.5 Å². The average molecular weight is 565 g/mol. The highest BCUT2D eigenvalue weighted by Gasteiger charge is 2.35. The Hall–Kier alpha value is -4.10. The Balaban J connectivity index is 1.20. The third-order valence-corrected chi connectivity index (χ3v) is 8.44. The molecule has 2 atom stereocenters. The van der Waals surface area contributed by atoms with Gasteiger partial charge in [-0.1, -0.05) is 59.5 Å². The second-order valence-electron chi connectivity index (χ2n) is 8.98.